The van der Waals surface area contributed by atoms with Crippen molar-refractivity contribution in [2.75, 3.05) is 25.0 Å². The topological polar surface area (TPSA) is 84.3 Å². The molecule has 1 atom stereocenters. The van der Waals surface area contributed by atoms with Gasteiger partial charge in [-0.05, 0) is 61.9 Å². The fraction of sp³-hybridized carbons (Fsp3) is 0.273. The number of hydrogen-bond donors (Lipinski definition) is 2. The zero-order valence-electron chi connectivity index (χ0n) is 24.0. The van der Waals surface area contributed by atoms with Gasteiger partial charge in [0.15, 0.2) is 16.7 Å². The Hall–Kier alpha value is -4.24. The van der Waals surface area contributed by atoms with Crippen molar-refractivity contribution in [2.45, 2.75) is 42.4 Å². The minimum absolute atomic E-state index is 0.0501. The van der Waals surface area contributed by atoms with Crippen LogP contribution in [0.2, 0.25) is 0 Å². The third kappa shape index (κ3) is 7.10. The third-order valence-corrected chi connectivity index (χ3v) is 9.19. The number of anilines is 1. The molecule has 4 aromatic rings. The summed E-state index contributed by atoms with van der Waals surface area (Å²) in [5.41, 5.74) is 3.66. The zero-order valence-corrected chi connectivity index (χ0v) is 25.6. The number of thiocarbonyl (C=S) groups is 1. The summed E-state index contributed by atoms with van der Waals surface area (Å²) in [4.78, 5) is 25.1. The molecule has 2 aliphatic rings. The molecule has 224 valence electrons. The van der Waals surface area contributed by atoms with Gasteiger partial charge < -0.3 is 24.8 Å². The molecule has 0 spiro atoms. The van der Waals surface area contributed by atoms with Crippen LogP contribution < -0.4 is 15.4 Å². The number of amides is 1. The number of imidazole rings is 1. The number of aromatic nitrogens is 3. The molecule has 0 saturated carbocycles. The van der Waals surface area contributed by atoms with E-state index in [4.69, 9.17) is 23.4 Å². The number of ether oxygens (including phenoxy) is 1. The zero-order chi connectivity index (χ0) is 30.5. The quantitative estimate of drug-likeness (QED) is 0.180. The van der Waals surface area contributed by atoms with E-state index in [-0.39, 0.29) is 28.4 Å². The number of nitrogens with zero attached hydrogens (tertiary/aromatic N) is 4. The minimum atomic E-state index is -0.575. The number of rotatable bonds is 9. The summed E-state index contributed by atoms with van der Waals surface area (Å²) in [5.74, 6) is 2.28. The number of halogens is 1. The molecule has 6 rings (SSSR count). The number of carbonyl (C=O) groups excluding carboxylic acids is 1. The van der Waals surface area contributed by atoms with Gasteiger partial charge in [-0.1, -0.05) is 24.1 Å². The van der Waals surface area contributed by atoms with Crippen LogP contribution >= 0.6 is 24.0 Å². The minimum Gasteiger partial charge on any atom is -0.453 e. The number of nitrogens with one attached hydrogen (secondary N) is 2. The molecular formula is C33H31FN6O2S2. The highest BCUT2D eigenvalue weighted by Gasteiger charge is 2.30. The molecule has 1 unspecified atom stereocenters. The first-order valence-corrected chi connectivity index (χ1v) is 15.8. The Morgan fingerprint density at radius 2 is 1.98 bits per heavy atom. The Labute approximate surface area is 265 Å². The van der Waals surface area contributed by atoms with E-state index >= 15 is 4.39 Å². The molecule has 4 heterocycles. The van der Waals surface area contributed by atoms with Crippen molar-refractivity contribution >= 4 is 40.7 Å². The maximum atomic E-state index is 15.1. The van der Waals surface area contributed by atoms with Crippen LogP contribution in [0.15, 0.2) is 72.1 Å². The summed E-state index contributed by atoms with van der Waals surface area (Å²) < 4.78 is 23.3. The van der Waals surface area contributed by atoms with Gasteiger partial charge in [-0.3, -0.25) is 9.78 Å². The van der Waals surface area contributed by atoms with Gasteiger partial charge in [0.2, 0.25) is 5.91 Å². The van der Waals surface area contributed by atoms with E-state index in [9.17, 15) is 4.79 Å². The van der Waals surface area contributed by atoms with E-state index in [1.807, 2.05) is 18.5 Å². The van der Waals surface area contributed by atoms with Crippen molar-refractivity contribution in [1.82, 2.24) is 24.8 Å². The van der Waals surface area contributed by atoms with Crippen LogP contribution in [0.5, 0.6) is 11.5 Å². The SMILES string of the molecule is C#Cc1ccccc1CC(=O)NC(=S)Nc1ccc(Oc2ccnc3c2SC(c2cn(CCN4CCCC4)cn2)C3)c(F)c1. The molecule has 2 aromatic heterocycles. The lowest BCUT2D eigenvalue weighted by Gasteiger charge is -2.14. The van der Waals surface area contributed by atoms with E-state index in [0.29, 0.717) is 17.0 Å². The number of hydrogen-bond acceptors (Lipinski definition) is 7. The Kier molecular flexibility index (Phi) is 9.21. The normalized spacial score (nSPS) is 15.9. The Morgan fingerprint density at radius 1 is 1.14 bits per heavy atom. The van der Waals surface area contributed by atoms with Crippen LogP contribution in [-0.2, 0) is 24.2 Å². The maximum absolute atomic E-state index is 15.1. The second kappa shape index (κ2) is 13.6. The van der Waals surface area contributed by atoms with E-state index in [2.05, 4.69) is 42.2 Å². The Balaban J connectivity index is 1.05. The van der Waals surface area contributed by atoms with Crippen molar-refractivity contribution in [1.29, 1.82) is 0 Å². The predicted molar refractivity (Wildman–Crippen MR) is 173 cm³/mol. The number of fused-ring (bicyclic) bond motifs is 1. The lowest BCUT2D eigenvalue weighted by molar-refractivity contribution is -0.119. The molecule has 1 fully saturated rings. The fourth-order valence-electron chi connectivity index (χ4n) is 5.38. The predicted octanol–water partition coefficient (Wildman–Crippen LogP) is 5.73. The van der Waals surface area contributed by atoms with Crippen molar-refractivity contribution < 1.29 is 13.9 Å². The van der Waals surface area contributed by atoms with Crippen LogP contribution in [-0.4, -0.2) is 50.1 Å². The first-order valence-electron chi connectivity index (χ1n) is 14.5. The molecule has 8 nitrogen and oxygen atoms in total. The molecule has 1 saturated heterocycles. The highest BCUT2D eigenvalue weighted by Crippen LogP contribution is 2.50. The van der Waals surface area contributed by atoms with Crippen molar-refractivity contribution in [3.63, 3.8) is 0 Å². The Morgan fingerprint density at radius 3 is 2.80 bits per heavy atom. The number of likely N-dealkylation sites (tertiary alicyclic amines) is 1. The molecule has 2 aliphatic heterocycles. The van der Waals surface area contributed by atoms with E-state index in [1.54, 1.807) is 42.2 Å². The Bertz CT molecular complexity index is 1730. The maximum Gasteiger partial charge on any atom is 0.230 e. The standard InChI is InChI=1S/C33H31FN6O2S2/c1-2-22-7-3-4-8-23(22)17-31(41)38-33(43)37-24-9-10-28(25(34)18-24)42-29-11-12-35-26-19-30(44-32(26)29)27-20-40(21-36-27)16-15-39-13-5-6-14-39/h1,3-4,7-12,18,20-21,30H,5-6,13-17,19H2,(H2,37,38,41,43). The number of pyridine rings is 1. The van der Waals surface area contributed by atoms with E-state index in [1.165, 1.54) is 38.1 Å². The van der Waals surface area contributed by atoms with Gasteiger partial charge in [-0.25, -0.2) is 9.37 Å². The highest BCUT2D eigenvalue weighted by molar-refractivity contribution is 8.00. The van der Waals surface area contributed by atoms with Gasteiger partial charge in [0.1, 0.15) is 5.75 Å². The third-order valence-electron chi connectivity index (χ3n) is 7.62. The summed E-state index contributed by atoms with van der Waals surface area (Å²) >= 11 is 6.90. The molecule has 2 N–H and O–H groups in total. The largest absolute Gasteiger partial charge is 0.453 e. The smallest absolute Gasteiger partial charge is 0.230 e. The molecule has 1 amide bonds. The van der Waals surface area contributed by atoms with Gasteiger partial charge in [0, 0.05) is 55.3 Å². The van der Waals surface area contributed by atoms with Gasteiger partial charge >= 0.3 is 0 Å². The average molecular weight is 627 g/mol. The van der Waals surface area contributed by atoms with E-state index < -0.39 is 5.82 Å². The van der Waals surface area contributed by atoms with Crippen LogP contribution in [0, 0.1) is 18.2 Å². The van der Waals surface area contributed by atoms with Crippen molar-refractivity contribution in [3.05, 3.63) is 95.6 Å². The molecule has 0 radical (unpaired) electrons. The molecule has 44 heavy (non-hydrogen) atoms. The van der Waals surface area contributed by atoms with Gasteiger partial charge in [-0.2, -0.15) is 0 Å². The highest BCUT2D eigenvalue weighted by atomic mass is 32.2. The molecule has 0 bridgehead atoms. The summed E-state index contributed by atoms with van der Waals surface area (Å²) in [5, 5.41) is 5.62. The van der Waals surface area contributed by atoms with Crippen LogP contribution in [0.25, 0.3) is 0 Å². The van der Waals surface area contributed by atoms with E-state index in [0.717, 1.165) is 41.4 Å². The average Bonchev–Trinajstić information content (AvgIpc) is 3.79. The molecule has 11 heteroatoms. The van der Waals surface area contributed by atoms with Crippen LogP contribution in [0.1, 0.15) is 40.6 Å². The van der Waals surface area contributed by atoms with Crippen molar-refractivity contribution in [2.24, 2.45) is 0 Å². The first-order chi connectivity index (χ1) is 21.4. The lowest BCUT2D eigenvalue weighted by atomic mass is 10.1. The summed E-state index contributed by atoms with van der Waals surface area (Å²) in [6.07, 6.45) is 14.6. The van der Waals surface area contributed by atoms with Gasteiger partial charge in [0.05, 0.1) is 34.3 Å². The molecule has 0 aliphatic carbocycles. The number of carbonyl (C=O) groups is 1. The molecule has 2 aromatic carbocycles. The summed E-state index contributed by atoms with van der Waals surface area (Å²) in [7, 11) is 0. The monoisotopic (exact) mass is 626 g/mol. The number of thioether (sulfide) groups is 1. The second-order valence-electron chi connectivity index (χ2n) is 10.7. The first kappa shape index (κ1) is 29.8. The summed E-state index contributed by atoms with van der Waals surface area (Å²) in [6.45, 7) is 4.32. The number of benzene rings is 2. The van der Waals surface area contributed by atoms with Gasteiger partial charge in [0.25, 0.3) is 0 Å². The second-order valence-corrected chi connectivity index (χ2v) is 12.3. The lowest BCUT2D eigenvalue weighted by Crippen LogP contribution is -2.35. The summed E-state index contributed by atoms with van der Waals surface area (Å²) in [6, 6.07) is 13.4. The van der Waals surface area contributed by atoms with Crippen LogP contribution in [0.3, 0.4) is 0 Å². The fourth-order valence-corrected chi connectivity index (χ4v) is 6.88. The number of terminal acetylenes is 1. The van der Waals surface area contributed by atoms with Crippen LogP contribution in [0.4, 0.5) is 10.1 Å². The van der Waals surface area contributed by atoms with Crippen molar-refractivity contribution in [3.8, 4) is 23.8 Å². The van der Waals surface area contributed by atoms with Gasteiger partial charge in [-0.15, -0.1) is 18.2 Å². The molecular weight excluding hydrogens is 596 g/mol.